The van der Waals surface area contributed by atoms with E-state index in [1.165, 1.54) is 18.5 Å². The molecule has 0 fully saturated rings. The van der Waals surface area contributed by atoms with Gasteiger partial charge in [-0.2, -0.15) is 13.2 Å². The molecule has 2 N–H and O–H groups in total. The third kappa shape index (κ3) is 4.73. The number of amides is 1. The van der Waals surface area contributed by atoms with Crippen molar-refractivity contribution in [3.63, 3.8) is 0 Å². The van der Waals surface area contributed by atoms with E-state index in [0.29, 0.717) is 5.82 Å². The molecular weight excluding hydrogens is 381 g/mol. The summed E-state index contributed by atoms with van der Waals surface area (Å²) in [4.78, 5) is 20.2. The van der Waals surface area contributed by atoms with E-state index >= 15 is 0 Å². The summed E-state index contributed by atoms with van der Waals surface area (Å²) >= 11 is 5.57. The second-order valence-corrected chi connectivity index (χ2v) is 5.83. The van der Waals surface area contributed by atoms with E-state index in [1.807, 2.05) is 30.3 Å². The number of benzene rings is 2. The van der Waals surface area contributed by atoms with Crippen molar-refractivity contribution in [2.75, 3.05) is 10.6 Å². The predicted molar refractivity (Wildman–Crippen MR) is 96.2 cm³/mol. The third-order valence-corrected chi connectivity index (χ3v) is 3.81. The lowest BCUT2D eigenvalue weighted by molar-refractivity contribution is -0.137. The van der Waals surface area contributed by atoms with Gasteiger partial charge in [0.25, 0.3) is 5.91 Å². The zero-order valence-electron chi connectivity index (χ0n) is 13.6. The van der Waals surface area contributed by atoms with Gasteiger partial charge in [0.1, 0.15) is 17.8 Å². The summed E-state index contributed by atoms with van der Waals surface area (Å²) in [7, 11) is 0. The molecule has 0 radical (unpaired) electrons. The quantitative estimate of drug-likeness (QED) is 0.644. The van der Waals surface area contributed by atoms with Crippen molar-refractivity contribution in [2.45, 2.75) is 6.18 Å². The monoisotopic (exact) mass is 392 g/mol. The van der Waals surface area contributed by atoms with E-state index in [1.54, 1.807) is 0 Å². The molecular formula is C18H12ClF3N4O. The van der Waals surface area contributed by atoms with Crippen molar-refractivity contribution < 1.29 is 18.0 Å². The lowest BCUT2D eigenvalue weighted by atomic mass is 10.2. The van der Waals surface area contributed by atoms with Crippen molar-refractivity contribution >= 4 is 34.7 Å². The minimum absolute atomic E-state index is 0.00746. The number of carbonyl (C=O) groups excluding carboxylic acids is 1. The Balaban J connectivity index is 1.78. The van der Waals surface area contributed by atoms with Gasteiger partial charge in [-0.25, -0.2) is 9.97 Å². The van der Waals surface area contributed by atoms with Crippen LogP contribution in [0.5, 0.6) is 0 Å². The van der Waals surface area contributed by atoms with E-state index in [9.17, 15) is 18.0 Å². The second-order valence-electron chi connectivity index (χ2n) is 5.43. The molecule has 5 nitrogen and oxygen atoms in total. The summed E-state index contributed by atoms with van der Waals surface area (Å²) in [5, 5.41) is 4.93. The maximum Gasteiger partial charge on any atom is 0.417 e. The van der Waals surface area contributed by atoms with Crippen molar-refractivity contribution in [2.24, 2.45) is 0 Å². The first-order chi connectivity index (χ1) is 12.8. The van der Waals surface area contributed by atoms with E-state index in [4.69, 9.17) is 11.6 Å². The predicted octanol–water partition coefficient (Wildman–Crippen LogP) is 5.14. The highest BCUT2D eigenvalue weighted by Gasteiger charge is 2.33. The van der Waals surface area contributed by atoms with Crippen LogP contribution in [-0.2, 0) is 6.18 Å². The van der Waals surface area contributed by atoms with Crippen LogP contribution < -0.4 is 10.6 Å². The molecule has 0 aliphatic rings. The Morgan fingerprint density at radius 3 is 2.41 bits per heavy atom. The molecule has 1 aromatic heterocycles. The average molecular weight is 393 g/mol. The minimum atomic E-state index is -4.63. The number of hydrogen-bond acceptors (Lipinski definition) is 4. The molecule has 2 aromatic carbocycles. The van der Waals surface area contributed by atoms with E-state index in [0.717, 1.165) is 17.8 Å². The van der Waals surface area contributed by atoms with Gasteiger partial charge in [0.2, 0.25) is 0 Å². The molecule has 1 amide bonds. The maximum atomic E-state index is 12.9. The lowest BCUT2D eigenvalue weighted by Gasteiger charge is -2.12. The smallest absolute Gasteiger partial charge is 0.340 e. The molecule has 27 heavy (non-hydrogen) atoms. The molecule has 1 heterocycles. The zero-order valence-corrected chi connectivity index (χ0v) is 14.3. The van der Waals surface area contributed by atoms with Crippen LogP contribution in [0.3, 0.4) is 0 Å². The van der Waals surface area contributed by atoms with E-state index < -0.39 is 22.7 Å². The number of halogens is 4. The number of aromatic nitrogens is 2. The normalized spacial score (nSPS) is 11.1. The Hall–Kier alpha value is -3.13. The molecule has 138 valence electrons. The Labute approximate surface area is 157 Å². The van der Waals surface area contributed by atoms with Crippen LogP contribution in [0.2, 0.25) is 5.02 Å². The molecule has 0 spiro atoms. The molecule has 3 rings (SSSR count). The first-order valence-corrected chi connectivity index (χ1v) is 8.03. The minimum Gasteiger partial charge on any atom is -0.340 e. The average Bonchev–Trinajstić information content (AvgIpc) is 2.63. The summed E-state index contributed by atoms with van der Waals surface area (Å²) in [5.41, 5.74) is -0.328. The first-order valence-electron chi connectivity index (χ1n) is 7.65. The SMILES string of the molecule is O=C(Nc1ccc(Cl)c(C(F)(F)F)c1)c1cc(Nc2ccccc2)ncn1. The van der Waals surface area contributed by atoms with Crippen molar-refractivity contribution in [1.29, 1.82) is 0 Å². The molecule has 0 saturated heterocycles. The van der Waals surface area contributed by atoms with Gasteiger partial charge in [0.15, 0.2) is 0 Å². The summed E-state index contributed by atoms with van der Waals surface area (Å²) in [5.74, 6) is -0.308. The van der Waals surface area contributed by atoms with Crippen LogP contribution in [0.15, 0.2) is 60.9 Å². The third-order valence-electron chi connectivity index (χ3n) is 3.48. The number of rotatable bonds is 4. The van der Waals surface area contributed by atoms with Gasteiger partial charge >= 0.3 is 6.18 Å². The molecule has 9 heteroatoms. The maximum absolute atomic E-state index is 12.9. The molecule has 0 aliphatic heterocycles. The van der Waals surface area contributed by atoms with Crippen LogP contribution in [-0.4, -0.2) is 15.9 Å². The fourth-order valence-corrected chi connectivity index (χ4v) is 2.46. The van der Waals surface area contributed by atoms with Crippen LogP contribution in [0.4, 0.5) is 30.4 Å². The Kier molecular flexibility index (Phi) is 5.27. The molecule has 0 bridgehead atoms. The van der Waals surface area contributed by atoms with Gasteiger partial charge < -0.3 is 10.6 Å². The van der Waals surface area contributed by atoms with Crippen molar-refractivity contribution in [3.8, 4) is 0 Å². The molecule has 0 saturated carbocycles. The van der Waals surface area contributed by atoms with Gasteiger partial charge in [-0.3, -0.25) is 4.79 Å². The lowest BCUT2D eigenvalue weighted by Crippen LogP contribution is -2.15. The number of hydrogen-bond donors (Lipinski definition) is 2. The molecule has 3 aromatic rings. The van der Waals surface area contributed by atoms with Gasteiger partial charge in [-0.05, 0) is 30.3 Å². The first kappa shape index (κ1) is 18.7. The van der Waals surface area contributed by atoms with Crippen LogP contribution in [0, 0.1) is 0 Å². The number of alkyl halides is 3. The standard InChI is InChI=1S/C18H12ClF3N4O/c19-14-7-6-12(8-13(14)18(20,21)22)26-17(27)15-9-16(24-10-23-15)25-11-4-2-1-3-5-11/h1-10H,(H,26,27)(H,23,24,25). The largest absolute Gasteiger partial charge is 0.417 e. The highest BCUT2D eigenvalue weighted by molar-refractivity contribution is 6.31. The van der Waals surface area contributed by atoms with Gasteiger partial charge in [0, 0.05) is 17.4 Å². The fraction of sp³-hybridized carbons (Fsp3) is 0.0556. The Morgan fingerprint density at radius 1 is 0.963 bits per heavy atom. The molecule has 0 aliphatic carbocycles. The van der Waals surface area contributed by atoms with Crippen molar-refractivity contribution in [1.82, 2.24) is 9.97 Å². The zero-order chi connectivity index (χ0) is 19.4. The number of anilines is 3. The summed E-state index contributed by atoms with van der Waals surface area (Å²) in [6.45, 7) is 0. The Morgan fingerprint density at radius 2 is 1.70 bits per heavy atom. The summed E-state index contributed by atoms with van der Waals surface area (Å²) in [6, 6.07) is 13.6. The number of para-hydroxylation sites is 1. The fourth-order valence-electron chi connectivity index (χ4n) is 2.23. The van der Waals surface area contributed by atoms with Crippen LogP contribution >= 0.6 is 11.6 Å². The highest BCUT2D eigenvalue weighted by atomic mass is 35.5. The van der Waals surface area contributed by atoms with Gasteiger partial charge in [-0.1, -0.05) is 29.8 Å². The Bertz CT molecular complexity index is 964. The van der Waals surface area contributed by atoms with Gasteiger partial charge in [-0.15, -0.1) is 0 Å². The van der Waals surface area contributed by atoms with E-state index in [-0.39, 0.29) is 11.4 Å². The summed E-state index contributed by atoms with van der Waals surface area (Å²) in [6.07, 6.45) is -3.44. The summed E-state index contributed by atoms with van der Waals surface area (Å²) < 4.78 is 38.8. The molecule has 0 atom stereocenters. The van der Waals surface area contributed by atoms with Crippen LogP contribution in [0.25, 0.3) is 0 Å². The van der Waals surface area contributed by atoms with Crippen molar-refractivity contribution in [3.05, 3.63) is 77.2 Å². The number of nitrogens with zero attached hydrogens (tertiary/aromatic N) is 2. The topological polar surface area (TPSA) is 66.9 Å². The second kappa shape index (κ2) is 7.63. The van der Waals surface area contributed by atoms with Crippen LogP contribution in [0.1, 0.15) is 16.1 Å². The highest BCUT2D eigenvalue weighted by Crippen LogP contribution is 2.36. The van der Waals surface area contributed by atoms with Gasteiger partial charge in [0.05, 0.1) is 10.6 Å². The van der Waals surface area contributed by atoms with E-state index in [2.05, 4.69) is 20.6 Å². The molecule has 0 unspecified atom stereocenters. The number of nitrogens with one attached hydrogen (secondary N) is 2. The number of carbonyl (C=O) groups is 1.